The Kier molecular flexibility index (Phi) is 5.45. The fourth-order valence-electron chi connectivity index (χ4n) is 1.30. The molecule has 0 fully saturated rings. The molecule has 0 saturated heterocycles. The van der Waals surface area contributed by atoms with Gasteiger partial charge < -0.3 is 10.5 Å². The first-order chi connectivity index (χ1) is 8.54. The van der Waals surface area contributed by atoms with Crippen LogP contribution in [-0.2, 0) is 9.53 Å². The number of rotatable bonds is 4. The number of carbonyl (C=O) groups excluding carboxylic acids is 2. The topological polar surface area (TPSA) is 69.4 Å². The van der Waals surface area contributed by atoms with Crippen LogP contribution in [0.15, 0.2) is 24.3 Å². The summed E-state index contributed by atoms with van der Waals surface area (Å²) >= 11 is 1.21. The van der Waals surface area contributed by atoms with Gasteiger partial charge in [0.05, 0.1) is 12.7 Å². The molecule has 0 aliphatic heterocycles. The van der Waals surface area contributed by atoms with Gasteiger partial charge >= 0.3 is 5.97 Å². The van der Waals surface area contributed by atoms with E-state index in [-0.39, 0.29) is 5.12 Å². The lowest BCUT2D eigenvalue weighted by molar-refractivity contribution is -0.109. The van der Waals surface area contributed by atoms with Gasteiger partial charge in [-0.15, -0.1) is 0 Å². The maximum absolute atomic E-state index is 11.4. The minimum absolute atomic E-state index is 0.0657. The van der Waals surface area contributed by atoms with Gasteiger partial charge in [0.15, 0.2) is 5.12 Å². The summed E-state index contributed by atoms with van der Waals surface area (Å²) in [5.41, 5.74) is 7.56. The van der Waals surface area contributed by atoms with Crippen LogP contribution in [0, 0.1) is 0 Å². The fraction of sp³-hybridized carbons (Fsp3) is 0.231. The van der Waals surface area contributed by atoms with Crippen LogP contribution in [0.1, 0.15) is 22.8 Å². The average molecular weight is 265 g/mol. The first-order valence-electron chi connectivity index (χ1n) is 5.32. The first kappa shape index (κ1) is 14.3. The zero-order valence-electron chi connectivity index (χ0n) is 10.3. The zero-order valence-corrected chi connectivity index (χ0v) is 11.1. The number of hydrogen-bond donors (Lipinski definition) is 1. The van der Waals surface area contributed by atoms with Crippen molar-refractivity contribution in [1.82, 2.24) is 0 Å². The molecule has 0 atom stereocenters. The lowest BCUT2D eigenvalue weighted by atomic mass is 10.1. The Labute approximate surface area is 110 Å². The summed E-state index contributed by atoms with van der Waals surface area (Å²) < 4.78 is 4.64. The van der Waals surface area contributed by atoms with Gasteiger partial charge in [0.25, 0.3) is 0 Å². The smallest absolute Gasteiger partial charge is 0.337 e. The van der Waals surface area contributed by atoms with E-state index in [1.807, 2.05) is 6.08 Å². The third-order valence-corrected chi connectivity index (χ3v) is 2.95. The van der Waals surface area contributed by atoms with Crippen molar-refractivity contribution < 1.29 is 14.3 Å². The van der Waals surface area contributed by atoms with Crippen LogP contribution in [0.3, 0.4) is 0 Å². The van der Waals surface area contributed by atoms with Gasteiger partial charge in [-0.25, -0.2) is 4.79 Å². The molecular weight excluding hydrogens is 250 g/mol. The molecule has 1 aromatic rings. The largest absolute Gasteiger partial charge is 0.465 e. The van der Waals surface area contributed by atoms with Gasteiger partial charge in [-0.1, -0.05) is 23.9 Å². The summed E-state index contributed by atoms with van der Waals surface area (Å²) in [7, 11) is 1.33. The van der Waals surface area contributed by atoms with E-state index >= 15 is 0 Å². The van der Waals surface area contributed by atoms with Crippen LogP contribution < -0.4 is 5.73 Å². The van der Waals surface area contributed by atoms with E-state index in [0.29, 0.717) is 17.0 Å². The van der Waals surface area contributed by atoms with Gasteiger partial charge in [0, 0.05) is 18.4 Å². The Bertz CT molecular complexity index is 483. The van der Waals surface area contributed by atoms with Gasteiger partial charge in [-0.05, 0) is 23.8 Å². The second kappa shape index (κ2) is 6.86. The van der Waals surface area contributed by atoms with E-state index in [4.69, 9.17) is 5.73 Å². The first-order valence-corrected chi connectivity index (χ1v) is 6.31. The Morgan fingerprint density at radius 1 is 1.44 bits per heavy atom. The standard InChI is InChI=1S/C13H15NO3S/c1-9(15)18-7-3-4-10-8-11(13(16)17-2)5-6-12(10)14/h3-6,8H,7,14H2,1-2H3. The molecule has 1 rings (SSSR count). The fourth-order valence-corrected chi connectivity index (χ4v) is 1.73. The number of thioether (sulfide) groups is 1. The minimum Gasteiger partial charge on any atom is -0.465 e. The van der Waals surface area contributed by atoms with Crippen LogP contribution in [0.4, 0.5) is 5.69 Å². The Hall–Kier alpha value is -1.75. The van der Waals surface area contributed by atoms with Gasteiger partial charge in [-0.2, -0.15) is 0 Å². The molecule has 0 heterocycles. The summed E-state index contributed by atoms with van der Waals surface area (Å²) in [4.78, 5) is 22.1. The molecule has 0 aromatic heterocycles. The second-order valence-electron chi connectivity index (χ2n) is 3.54. The normalized spacial score (nSPS) is 10.6. The maximum atomic E-state index is 11.4. The highest BCUT2D eigenvalue weighted by Gasteiger charge is 2.06. The highest BCUT2D eigenvalue weighted by molar-refractivity contribution is 8.13. The van der Waals surface area contributed by atoms with Gasteiger partial charge in [-0.3, -0.25) is 4.79 Å². The van der Waals surface area contributed by atoms with Crippen LogP contribution in [0.2, 0.25) is 0 Å². The van der Waals surface area contributed by atoms with Crippen LogP contribution in [0.5, 0.6) is 0 Å². The number of nitrogens with two attached hydrogens (primary N) is 1. The maximum Gasteiger partial charge on any atom is 0.337 e. The predicted molar refractivity (Wildman–Crippen MR) is 74.4 cm³/mol. The van der Waals surface area contributed by atoms with Crippen LogP contribution >= 0.6 is 11.8 Å². The van der Waals surface area contributed by atoms with E-state index < -0.39 is 5.97 Å². The number of benzene rings is 1. The predicted octanol–water partition coefficient (Wildman–Crippen LogP) is 2.35. The van der Waals surface area contributed by atoms with Crippen molar-refractivity contribution in [2.75, 3.05) is 18.6 Å². The van der Waals surface area contributed by atoms with Gasteiger partial charge in [0.1, 0.15) is 0 Å². The molecule has 2 N–H and O–H groups in total. The van der Waals surface area contributed by atoms with Crippen molar-refractivity contribution in [3.8, 4) is 0 Å². The van der Waals surface area contributed by atoms with E-state index in [0.717, 1.165) is 5.56 Å². The zero-order chi connectivity index (χ0) is 13.5. The lowest BCUT2D eigenvalue weighted by Gasteiger charge is -2.04. The highest BCUT2D eigenvalue weighted by atomic mass is 32.2. The molecule has 0 radical (unpaired) electrons. The molecule has 4 nitrogen and oxygen atoms in total. The minimum atomic E-state index is -0.400. The van der Waals surface area contributed by atoms with Crippen molar-refractivity contribution in [3.63, 3.8) is 0 Å². The molecule has 1 aromatic carbocycles. The number of carbonyl (C=O) groups is 2. The average Bonchev–Trinajstić information content (AvgIpc) is 2.35. The molecule has 5 heteroatoms. The number of nitrogen functional groups attached to an aromatic ring is 1. The SMILES string of the molecule is COC(=O)c1ccc(N)c(C=CCSC(C)=O)c1. The highest BCUT2D eigenvalue weighted by Crippen LogP contribution is 2.17. The third-order valence-electron chi connectivity index (χ3n) is 2.19. The number of ether oxygens (including phenoxy) is 1. The van der Waals surface area contributed by atoms with Crippen molar-refractivity contribution in [2.24, 2.45) is 0 Å². The monoisotopic (exact) mass is 265 g/mol. The molecule has 96 valence electrons. The molecule has 0 unspecified atom stereocenters. The summed E-state index contributed by atoms with van der Waals surface area (Å²) in [5, 5.41) is 0.0657. The Morgan fingerprint density at radius 3 is 2.78 bits per heavy atom. The van der Waals surface area contributed by atoms with E-state index in [2.05, 4.69) is 4.74 Å². The quantitative estimate of drug-likeness (QED) is 0.668. The van der Waals surface area contributed by atoms with E-state index in [1.54, 1.807) is 24.3 Å². The van der Waals surface area contributed by atoms with Crippen molar-refractivity contribution in [2.45, 2.75) is 6.92 Å². The Balaban J connectivity index is 2.81. The number of esters is 1. The molecule has 0 saturated carbocycles. The van der Waals surface area contributed by atoms with E-state index in [9.17, 15) is 9.59 Å². The second-order valence-corrected chi connectivity index (χ2v) is 4.74. The molecule has 0 spiro atoms. The van der Waals surface area contributed by atoms with Crippen LogP contribution in [-0.4, -0.2) is 23.9 Å². The van der Waals surface area contributed by atoms with Gasteiger partial charge in [0.2, 0.25) is 0 Å². The third kappa shape index (κ3) is 4.25. The summed E-state index contributed by atoms with van der Waals surface area (Å²) in [5.74, 6) is 0.180. The molecule has 0 bridgehead atoms. The molecule has 0 aliphatic carbocycles. The number of anilines is 1. The summed E-state index contributed by atoms with van der Waals surface area (Å²) in [6.07, 6.45) is 3.62. The van der Waals surface area contributed by atoms with Crippen molar-refractivity contribution in [3.05, 3.63) is 35.4 Å². The lowest BCUT2D eigenvalue weighted by Crippen LogP contribution is -2.02. The molecule has 0 amide bonds. The van der Waals surface area contributed by atoms with Crippen molar-refractivity contribution >= 4 is 34.6 Å². The Morgan fingerprint density at radius 2 is 2.17 bits per heavy atom. The number of hydrogen-bond acceptors (Lipinski definition) is 5. The number of methoxy groups -OCH3 is 1. The molecule has 18 heavy (non-hydrogen) atoms. The molecular formula is C13H15NO3S. The summed E-state index contributed by atoms with van der Waals surface area (Å²) in [6.45, 7) is 1.52. The molecule has 0 aliphatic rings. The van der Waals surface area contributed by atoms with Crippen LogP contribution in [0.25, 0.3) is 6.08 Å². The van der Waals surface area contributed by atoms with Crippen molar-refractivity contribution in [1.29, 1.82) is 0 Å². The van der Waals surface area contributed by atoms with E-state index in [1.165, 1.54) is 25.8 Å². The summed E-state index contributed by atoms with van der Waals surface area (Å²) in [6, 6.07) is 4.93.